The van der Waals surface area contributed by atoms with Crippen LogP contribution in [0.15, 0.2) is 42.5 Å². The lowest BCUT2D eigenvalue weighted by Crippen LogP contribution is -2.57. The fraction of sp³-hybridized carbons (Fsp3) is 0.448. The smallest absolute Gasteiger partial charge is 0.255 e. The molecule has 11 nitrogen and oxygen atoms in total. The first-order valence-electron chi connectivity index (χ1n) is 13.4. The van der Waals surface area contributed by atoms with Crippen molar-refractivity contribution < 1.29 is 29.0 Å². The molecule has 40 heavy (non-hydrogen) atoms. The van der Waals surface area contributed by atoms with Crippen LogP contribution in [0.1, 0.15) is 43.1 Å². The number of phenols is 1. The lowest BCUT2D eigenvalue weighted by Gasteiger charge is -2.25. The zero-order valence-electron chi connectivity index (χ0n) is 23.6. The van der Waals surface area contributed by atoms with Crippen LogP contribution in [0.2, 0.25) is 0 Å². The van der Waals surface area contributed by atoms with Gasteiger partial charge < -0.3 is 36.0 Å². The Hall–Kier alpha value is -4.12. The number of ether oxygens (including phenoxy) is 1. The third kappa shape index (κ3) is 8.44. The van der Waals surface area contributed by atoms with E-state index in [1.807, 2.05) is 19.0 Å². The number of phenolic OH excluding ortho intramolecular Hbond substituents is 1. The highest BCUT2D eigenvalue weighted by Gasteiger charge is 2.30. The summed E-state index contributed by atoms with van der Waals surface area (Å²) in [5.41, 5.74) is 0.725. The number of nitrogens with zero attached hydrogens (tertiary/aromatic N) is 1. The maximum atomic E-state index is 13.1. The molecule has 0 saturated carbocycles. The first-order valence-corrected chi connectivity index (χ1v) is 13.4. The molecule has 11 heteroatoms. The van der Waals surface area contributed by atoms with Crippen molar-refractivity contribution in [1.29, 1.82) is 0 Å². The molecule has 4 rings (SSSR count). The summed E-state index contributed by atoms with van der Waals surface area (Å²) in [6.45, 7) is 6.27. The number of amides is 4. The van der Waals surface area contributed by atoms with Crippen molar-refractivity contribution in [2.24, 2.45) is 5.92 Å². The van der Waals surface area contributed by atoms with Gasteiger partial charge in [0.05, 0.1) is 5.56 Å². The highest BCUT2D eigenvalue weighted by Crippen LogP contribution is 2.28. The second-order valence-corrected chi connectivity index (χ2v) is 10.6. The number of aromatic hydroxyl groups is 1. The number of hydrogen-bond donors (Lipinski definition) is 5. The SMILES string of the molecule is CC(C)[C@@H]1NC(=O)c2cc(ccc2O)Oc2ccc(cc2)C[C@H](C(=O)NCCCN(C)C)NC(=O)[C@H](C)NC1=O. The number of benzene rings is 2. The Morgan fingerprint density at radius 1 is 1.02 bits per heavy atom. The average molecular weight is 554 g/mol. The molecule has 4 amide bonds. The van der Waals surface area contributed by atoms with Crippen LogP contribution in [0.25, 0.3) is 0 Å². The minimum atomic E-state index is -0.992. The van der Waals surface area contributed by atoms with Crippen LogP contribution in [0.3, 0.4) is 0 Å². The van der Waals surface area contributed by atoms with Gasteiger partial charge in [0.1, 0.15) is 35.4 Å². The van der Waals surface area contributed by atoms with Crippen molar-refractivity contribution in [3.05, 3.63) is 53.6 Å². The molecule has 0 fully saturated rings. The Bertz CT molecular complexity index is 1210. The standard InChI is InChI=1S/C29H39N5O6/c1-17(2)25-29(39)31-18(3)26(36)32-23(28(38)30-13-6-14-34(4)5)15-19-7-9-20(10-8-19)40-21-11-12-24(35)22(16-21)27(37)33-25/h7-12,16-18,23,25,35H,6,13-15H2,1-5H3,(H,30,38)(H,31,39)(H,32,36)(H,33,37)/t18-,23+,25-/m0/s1. The summed E-state index contributed by atoms with van der Waals surface area (Å²) >= 11 is 0. The average Bonchev–Trinajstić information content (AvgIpc) is 2.90. The minimum absolute atomic E-state index is 0.0566. The molecule has 0 aliphatic carbocycles. The van der Waals surface area contributed by atoms with Gasteiger partial charge in [0, 0.05) is 13.0 Å². The molecule has 2 heterocycles. The molecule has 2 aromatic carbocycles. The molecular formula is C29H39N5O6. The van der Waals surface area contributed by atoms with E-state index in [9.17, 15) is 24.3 Å². The van der Waals surface area contributed by atoms with Gasteiger partial charge in [-0.05, 0) is 75.8 Å². The summed E-state index contributed by atoms with van der Waals surface area (Å²) in [4.78, 5) is 54.3. The number of carbonyl (C=O) groups excluding carboxylic acids is 4. The van der Waals surface area contributed by atoms with E-state index in [1.54, 1.807) is 38.1 Å². The van der Waals surface area contributed by atoms with Gasteiger partial charge in [-0.25, -0.2) is 0 Å². The second kappa shape index (κ2) is 13.8. The van der Waals surface area contributed by atoms with Crippen molar-refractivity contribution >= 4 is 23.6 Å². The quantitative estimate of drug-likeness (QED) is 0.269. The summed E-state index contributed by atoms with van der Waals surface area (Å²) in [5, 5.41) is 21.2. The first kappa shape index (κ1) is 30.4. The molecule has 216 valence electrons. The molecule has 4 bridgehead atoms. The van der Waals surface area contributed by atoms with Crippen molar-refractivity contribution in [2.75, 3.05) is 27.2 Å². The molecule has 5 N–H and O–H groups in total. The van der Waals surface area contributed by atoms with E-state index in [4.69, 9.17) is 4.74 Å². The number of carbonyl (C=O) groups is 4. The number of nitrogens with one attached hydrogen (secondary N) is 4. The van der Waals surface area contributed by atoms with Crippen LogP contribution >= 0.6 is 0 Å². The van der Waals surface area contributed by atoms with Gasteiger partial charge in [-0.3, -0.25) is 19.2 Å². The lowest BCUT2D eigenvalue weighted by molar-refractivity contribution is -0.132. The van der Waals surface area contributed by atoms with Crippen LogP contribution in [0.5, 0.6) is 17.2 Å². The maximum absolute atomic E-state index is 13.1. The van der Waals surface area contributed by atoms with Crippen molar-refractivity contribution in [2.45, 2.75) is 51.7 Å². The molecule has 0 spiro atoms. The maximum Gasteiger partial charge on any atom is 0.255 e. The predicted octanol–water partition coefficient (Wildman–Crippen LogP) is 1.55. The summed E-state index contributed by atoms with van der Waals surface area (Å²) in [6, 6.07) is 8.41. The third-order valence-corrected chi connectivity index (χ3v) is 6.51. The highest BCUT2D eigenvalue weighted by atomic mass is 16.5. The van der Waals surface area contributed by atoms with Gasteiger partial charge in [-0.15, -0.1) is 0 Å². The molecule has 2 aliphatic rings. The Morgan fingerprint density at radius 3 is 2.35 bits per heavy atom. The summed E-state index contributed by atoms with van der Waals surface area (Å²) in [7, 11) is 3.90. The Kier molecular flexibility index (Phi) is 10.5. The van der Waals surface area contributed by atoms with E-state index >= 15 is 0 Å². The first-order chi connectivity index (χ1) is 18.9. The van der Waals surface area contributed by atoms with E-state index in [0.717, 1.165) is 18.5 Å². The van der Waals surface area contributed by atoms with Gasteiger partial charge in [0.15, 0.2) is 0 Å². The number of fused-ring (bicyclic) bond motifs is 11. The van der Waals surface area contributed by atoms with Crippen LogP contribution in [0.4, 0.5) is 0 Å². The summed E-state index contributed by atoms with van der Waals surface area (Å²) in [6.07, 6.45) is 0.972. The predicted molar refractivity (Wildman–Crippen MR) is 150 cm³/mol. The topological polar surface area (TPSA) is 149 Å². The van der Waals surface area contributed by atoms with Gasteiger partial charge in [0.2, 0.25) is 17.7 Å². The summed E-state index contributed by atoms with van der Waals surface area (Å²) in [5.74, 6) is -1.91. The van der Waals surface area contributed by atoms with Crippen LogP contribution < -0.4 is 26.0 Å². The number of hydrogen-bond acceptors (Lipinski definition) is 7. The molecule has 0 saturated heterocycles. The molecule has 0 unspecified atom stereocenters. The van der Waals surface area contributed by atoms with Crippen molar-refractivity contribution in [1.82, 2.24) is 26.2 Å². The largest absolute Gasteiger partial charge is 0.507 e. The number of rotatable bonds is 6. The van der Waals surface area contributed by atoms with Crippen LogP contribution in [-0.2, 0) is 20.8 Å². The van der Waals surface area contributed by atoms with Crippen LogP contribution in [0, 0.1) is 5.92 Å². The van der Waals surface area contributed by atoms with E-state index in [2.05, 4.69) is 21.3 Å². The zero-order chi connectivity index (χ0) is 29.4. The van der Waals surface area contributed by atoms with Gasteiger partial charge in [-0.2, -0.15) is 0 Å². The Morgan fingerprint density at radius 2 is 1.70 bits per heavy atom. The fourth-order valence-corrected chi connectivity index (χ4v) is 4.18. The van der Waals surface area contributed by atoms with E-state index in [-0.39, 0.29) is 29.6 Å². The van der Waals surface area contributed by atoms with Gasteiger partial charge >= 0.3 is 0 Å². The third-order valence-electron chi connectivity index (χ3n) is 6.51. The van der Waals surface area contributed by atoms with Crippen molar-refractivity contribution in [3.63, 3.8) is 0 Å². The van der Waals surface area contributed by atoms with E-state index in [0.29, 0.717) is 18.0 Å². The highest BCUT2D eigenvalue weighted by molar-refractivity contribution is 6.00. The zero-order valence-corrected chi connectivity index (χ0v) is 23.6. The summed E-state index contributed by atoms with van der Waals surface area (Å²) < 4.78 is 5.88. The molecule has 3 atom stereocenters. The second-order valence-electron chi connectivity index (χ2n) is 10.6. The Balaban J connectivity index is 1.92. The molecular weight excluding hydrogens is 514 g/mol. The fourth-order valence-electron chi connectivity index (χ4n) is 4.18. The van der Waals surface area contributed by atoms with Crippen molar-refractivity contribution in [3.8, 4) is 17.2 Å². The Labute approximate surface area is 234 Å². The molecule has 0 aromatic heterocycles. The van der Waals surface area contributed by atoms with E-state index < -0.39 is 35.8 Å². The monoisotopic (exact) mass is 553 g/mol. The molecule has 2 aromatic rings. The lowest BCUT2D eigenvalue weighted by atomic mass is 10.0. The van der Waals surface area contributed by atoms with Crippen LogP contribution in [-0.4, -0.2) is 78.9 Å². The molecule has 0 radical (unpaired) electrons. The van der Waals surface area contributed by atoms with Gasteiger partial charge in [-0.1, -0.05) is 26.0 Å². The van der Waals surface area contributed by atoms with E-state index in [1.165, 1.54) is 25.1 Å². The minimum Gasteiger partial charge on any atom is -0.507 e. The molecule has 2 aliphatic heterocycles. The van der Waals surface area contributed by atoms with Gasteiger partial charge in [0.25, 0.3) is 5.91 Å². The normalized spacial score (nSPS) is 20.2.